The minimum absolute atomic E-state index is 0.0217. The fourth-order valence-electron chi connectivity index (χ4n) is 3.32. The molecule has 2 heterocycles. The molecule has 0 aliphatic carbocycles. The number of methoxy groups -OCH3 is 1. The molecule has 0 saturated carbocycles. The lowest BCUT2D eigenvalue weighted by Crippen LogP contribution is -2.41. The minimum atomic E-state index is -0.496. The number of carbonyl (C=O) groups excluding carboxylic acids is 1. The first-order valence-electron chi connectivity index (χ1n) is 9.18. The molecule has 1 saturated heterocycles. The Balaban J connectivity index is 1.37. The number of thiazole rings is 1. The Morgan fingerprint density at radius 2 is 2.03 bits per heavy atom. The molecular weight excluding hydrogens is 394 g/mol. The van der Waals surface area contributed by atoms with Crippen molar-refractivity contribution in [3.8, 4) is 10.9 Å². The van der Waals surface area contributed by atoms with Crippen LogP contribution in [-0.4, -0.2) is 47.0 Å². The number of amides is 1. The summed E-state index contributed by atoms with van der Waals surface area (Å²) in [6.07, 6.45) is 1.34. The summed E-state index contributed by atoms with van der Waals surface area (Å²) in [6.45, 7) is 1.07. The number of likely N-dealkylation sites (tertiary alicyclic amines) is 1. The number of rotatable bonds is 5. The summed E-state index contributed by atoms with van der Waals surface area (Å²) in [7, 11) is 1.63. The Hall–Kier alpha value is -3.20. The lowest BCUT2D eigenvalue weighted by atomic mass is 10.1. The van der Waals surface area contributed by atoms with Crippen LogP contribution in [-0.2, 0) is 0 Å². The number of carbonyl (C=O) groups is 1. The van der Waals surface area contributed by atoms with Crippen molar-refractivity contribution in [2.45, 2.75) is 18.9 Å². The van der Waals surface area contributed by atoms with Crippen LogP contribution >= 0.6 is 11.3 Å². The van der Waals surface area contributed by atoms with Crippen molar-refractivity contribution in [1.82, 2.24) is 9.88 Å². The highest BCUT2D eigenvalue weighted by molar-refractivity contribution is 7.20. The summed E-state index contributed by atoms with van der Waals surface area (Å²) < 4.78 is 12.3. The van der Waals surface area contributed by atoms with Gasteiger partial charge in [0.1, 0.15) is 11.9 Å². The maximum Gasteiger partial charge on any atom is 0.274 e. The highest BCUT2D eigenvalue weighted by Crippen LogP contribution is 2.32. The smallest absolute Gasteiger partial charge is 0.274 e. The number of nitro groups is 1. The molecule has 1 aliphatic rings. The van der Waals surface area contributed by atoms with Crippen LogP contribution < -0.4 is 9.47 Å². The number of hydrogen-bond donors (Lipinski definition) is 0. The van der Waals surface area contributed by atoms with Gasteiger partial charge in [-0.1, -0.05) is 17.4 Å². The van der Waals surface area contributed by atoms with Crippen molar-refractivity contribution in [3.63, 3.8) is 0 Å². The van der Waals surface area contributed by atoms with Crippen LogP contribution in [0, 0.1) is 10.1 Å². The van der Waals surface area contributed by atoms with Crippen LogP contribution in [0.2, 0.25) is 0 Å². The number of non-ortho nitro benzene ring substituents is 1. The van der Waals surface area contributed by atoms with Crippen molar-refractivity contribution in [2.75, 3.05) is 20.2 Å². The minimum Gasteiger partial charge on any atom is -0.497 e. The Morgan fingerprint density at radius 1 is 1.24 bits per heavy atom. The SMILES string of the molecule is COc1ccc2nc(OC3CCN(C(=O)c4cccc([N+](=O)[O-])c4)CC3)sc2c1. The second-order valence-corrected chi connectivity index (χ2v) is 7.72. The molecule has 29 heavy (non-hydrogen) atoms. The van der Waals surface area contributed by atoms with E-state index in [1.807, 2.05) is 18.2 Å². The number of fused-ring (bicyclic) bond motifs is 1. The van der Waals surface area contributed by atoms with Gasteiger partial charge in [0, 0.05) is 43.6 Å². The van der Waals surface area contributed by atoms with E-state index in [1.54, 1.807) is 18.1 Å². The van der Waals surface area contributed by atoms with E-state index in [0.29, 0.717) is 36.7 Å². The maximum atomic E-state index is 12.7. The molecule has 1 amide bonds. The zero-order valence-corrected chi connectivity index (χ0v) is 16.6. The molecule has 0 spiro atoms. The first-order valence-corrected chi connectivity index (χ1v) is 10.00. The van der Waals surface area contributed by atoms with Crippen LogP contribution in [0.25, 0.3) is 10.2 Å². The van der Waals surface area contributed by atoms with Crippen molar-refractivity contribution in [3.05, 3.63) is 58.1 Å². The van der Waals surface area contributed by atoms with Crippen LogP contribution in [0.15, 0.2) is 42.5 Å². The maximum absolute atomic E-state index is 12.7. The van der Waals surface area contributed by atoms with E-state index in [2.05, 4.69) is 4.98 Å². The normalized spacial score (nSPS) is 14.7. The molecule has 1 fully saturated rings. The van der Waals surface area contributed by atoms with Crippen molar-refractivity contribution >= 4 is 33.1 Å². The second-order valence-electron chi connectivity index (χ2n) is 6.73. The predicted molar refractivity (Wildman–Crippen MR) is 109 cm³/mol. The van der Waals surface area contributed by atoms with E-state index in [1.165, 1.54) is 29.5 Å². The molecular formula is C20H19N3O5S. The fourth-order valence-corrected chi connectivity index (χ4v) is 4.23. The highest BCUT2D eigenvalue weighted by Gasteiger charge is 2.26. The molecule has 150 valence electrons. The lowest BCUT2D eigenvalue weighted by Gasteiger charge is -2.31. The van der Waals surface area contributed by atoms with E-state index in [4.69, 9.17) is 9.47 Å². The summed E-state index contributed by atoms with van der Waals surface area (Å²) in [4.78, 5) is 29.3. The number of benzene rings is 2. The van der Waals surface area contributed by atoms with E-state index < -0.39 is 4.92 Å². The third kappa shape index (κ3) is 4.14. The Morgan fingerprint density at radius 3 is 2.76 bits per heavy atom. The Kier molecular flexibility index (Phi) is 5.30. The number of ether oxygens (including phenoxy) is 2. The molecule has 0 radical (unpaired) electrons. The van der Waals surface area contributed by atoms with Gasteiger partial charge < -0.3 is 14.4 Å². The van der Waals surface area contributed by atoms with Gasteiger partial charge in [-0.15, -0.1) is 0 Å². The average molecular weight is 413 g/mol. The van der Waals surface area contributed by atoms with Gasteiger partial charge in [0.25, 0.3) is 16.8 Å². The van der Waals surface area contributed by atoms with Crippen LogP contribution in [0.5, 0.6) is 10.9 Å². The van der Waals surface area contributed by atoms with Gasteiger partial charge in [-0.2, -0.15) is 0 Å². The van der Waals surface area contributed by atoms with Gasteiger partial charge in [0.15, 0.2) is 0 Å². The first kappa shape index (κ1) is 19.1. The van der Waals surface area contributed by atoms with Gasteiger partial charge in [-0.3, -0.25) is 14.9 Å². The highest BCUT2D eigenvalue weighted by atomic mass is 32.1. The summed E-state index contributed by atoms with van der Waals surface area (Å²) in [6, 6.07) is 11.5. The summed E-state index contributed by atoms with van der Waals surface area (Å²) in [5.41, 5.74) is 1.12. The third-order valence-electron chi connectivity index (χ3n) is 4.88. The van der Waals surface area contributed by atoms with Crippen molar-refractivity contribution < 1.29 is 19.2 Å². The number of piperidine rings is 1. The predicted octanol–water partition coefficient (Wildman–Crippen LogP) is 3.90. The van der Waals surface area contributed by atoms with Gasteiger partial charge in [-0.25, -0.2) is 4.98 Å². The fraction of sp³-hybridized carbons (Fsp3) is 0.300. The number of nitrogens with zero attached hydrogens (tertiary/aromatic N) is 3. The van der Waals surface area contributed by atoms with Crippen LogP contribution in [0.3, 0.4) is 0 Å². The quantitative estimate of drug-likeness (QED) is 0.465. The largest absolute Gasteiger partial charge is 0.497 e. The molecule has 1 aliphatic heterocycles. The average Bonchev–Trinajstić information content (AvgIpc) is 3.15. The summed E-state index contributed by atoms with van der Waals surface area (Å²) in [5.74, 6) is 0.583. The van der Waals surface area contributed by atoms with Gasteiger partial charge in [-0.05, 0) is 24.3 Å². The van der Waals surface area contributed by atoms with Crippen molar-refractivity contribution in [1.29, 1.82) is 0 Å². The zero-order valence-electron chi connectivity index (χ0n) is 15.7. The van der Waals surface area contributed by atoms with Crippen LogP contribution in [0.1, 0.15) is 23.2 Å². The molecule has 1 aromatic heterocycles. The van der Waals surface area contributed by atoms with Gasteiger partial charge in [0.2, 0.25) is 0 Å². The van der Waals surface area contributed by atoms with Gasteiger partial charge >= 0.3 is 0 Å². The zero-order chi connectivity index (χ0) is 20.4. The molecule has 3 aromatic rings. The number of aromatic nitrogens is 1. The Labute approximate surface area is 170 Å². The molecule has 2 aromatic carbocycles. The number of nitro benzene ring substituents is 1. The van der Waals surface area contributed by atoms with Crippen molar-refractivity contribution in [2.24, 2.45) is 0 Å². The molecule has 8 nitrogen and oxygen atoms in total. The lowest BCUT2D eigenvalue weighted by molar-refractivity contribution is -0.384. The van der Waals surface area contributed by atoms with E-state index in [0.717, 1.165) is 16.0 Å². The molecule has 0 atom stereocenters. The number of hydrogen-bond acceptors (Lipinski definition) is 7. The molecule has 0 bridgehead atoms. The summed E-state index contributed by atoms with van der Waals surface area (Å²) >= 11 is 1.47. The van der Waals surface area contributed by atoms with Crippen LogP contribution in [0.4, 0.5) is 5.69 Å². The second kappa shape index (κ2) is 8.04. The van der Waals surface area contributed by atoms with E-state index >= 15 is 0 Å². The summed E-state index contributed by atoms with van der Waals surface area (Å²) in [5, 5.41) is 11.5. The first-order chi connectivity index (χ1) is 14.0. The Bertz CT molecular complexity index is 1060. The van der Waals surface area contributed by atoms with E-state index in [9.17, 15) is 14.9 Å². The monoisotopic (exact) mass is 413 g/mol. The molecule has 0 N–H and O–H groups in total. The standard InChI is InChI=1S/C20H19N3O5S/c1-27-16-5-6-17-18(12-16)29-20(21-17)28-15-7-9-22(10-8-15)19(24)13-3-2-4-14(11-13)23(25)26/h2-6,11-12,15H,7-10H2,1H3. The molecule has 9 heteroatoms. The van der Waals surface area contributed by atoms with Gasteiger partial charge in [0.05, 0.1) is 22.2 Å². The molecule has 0 unspecified atom stereocenters. The third-order valence-corrected chi connectivity index (χ3v) is 5.79. The van der Waals surface area contributed by atoms with E-state index in [-0.39, 0.29) is 17.7 Å². The molecule has 4 rings (SSSR count). The topological polar surface area (TPSA) is 94.8 Å².